The van der Waals surface area contributed by atoms with Crippen LogP contribution in [0.2, 0.25) is 0 Å². The molecule has 4 nitrogen and oxygen atoms in total. The molecule has 0 radical (unpaired) electrons. The Morgan fingerprint density at radius 2 is 2.00 bits per heavy atom. The largest absolute Gasteiger partial charge is 0.522 e. The lowest BCUT2D eigenvalue weighted by atomic mass is 10.1. The van der Waals surface area contributed by atoms with Crippen LogP contribution in [-0.2, 0) is 11.3 Å². The Labute approximate surface area is 117 Å². The maximum Gasteiger partial charge on any atom is 0.522 e. The Kier molecular flexibility index (Phi) is 6.01. The van der Waals surface area contributed by atoms with E-state index in [1.54, 1.807) is 4.68 Å². The predicted octanol–water partition coefficient (Wildman–Crippen LogP) is 3.10. The van der Waals surface area contributed by atoms with Crippen molar-refractivity contribution in [2.45, 2.75) is 53.1 Å². The third kappa shape index (κ3) is 4.79. The summed E-state index contributed by atoms with van der Waals surface area (Å²) in [6.07, 6.45) is -3.56. The van der Waals surface area contributed by atoms with E-state index in [4.69, 9.17) is 0 Å². The van der Waals surface area contributed by atoms with Gasteiger partial charge >= 0.3 is 6.36 Å². The molecule has 116 valence electrons. The number of ether oxygens (including phenoxy) is 1. The van der Waals surface area contributed by atoms with Crippen molar-refractivity contribution in [3.05, 3.63) is 17.0 Å². The number of aromatic nitrogens is 2. The highest BCUT2D eigenvalue weighted by Crippen LogP contribution is 2.22. The van der Waals surface area contributed by atoms with Crippen LogP contribution in [0, 0.1) is 13.8 Å². The fourth-order valence-electron chi connectivity index (χ4n) is 2.27. The summed E-state index contributed by atoms with van der Waals surface area (Å²) in [6.45, 7) is 8.40. The number of alkyl halides is 3. The van der Waals surface area contributed by atoms with E-state index >= 15 is 0 Å². The summed E-state index contributed by atoms with van der Waals surface area (Å²) in [4.78, 5) is 0. The number of hydrogen-bond donors (Lipinski definition) is 1. The summed E-state index contributed by atoms with van der Waals surface area (Å²) in [5.74, 6) is 0. The Morgan fingerprint density at radius 3 is 2.55 bits per heavy atom. The minimum Gasteiger partial charge on any atom is -0.310 e. The first-order chi connectivity index (χ1) is 9.26. The molecule has 20 heavy (non-hydrogen) atoms. The van der Waals surface area contributed by atoms with Gasteiger partial charge in [-0.15, -0.1) is 13.2 Å². The fourth-order valence-corrected chi connectivity index (χ4v) is 2.27. The number of halogens is 3. The van der Waals surface area contributed by atoms with Crippen LogP contribution in [0.25, 0.3) is 0 Å². The second-order valence-corrected chi connectivity index (χ2v) is 4.78. The summed E-state index contributed by atoms with van der Waals surface area (Å²) >= 11 is 0. The minimum absolute atomic E-state index is 0.0900. The summed E-state index contributed by atoms with van der Waals surface area (Å²) < 4.78 is 41.2. The fraction of sp³-hybridized carbons (Fsp3) is 0.769. The maximum absolute atomic E-state index is 11.9. The SMILES string of the molecule is CCCNC(C)c1c(C)nn(CCOC(F)(F)F)c1C. The van der Waals surface area contributed by atoms with Crippen molar-refractivity contribution < 1.29 is 17.9 Å². The number of nitrogens with zero attached hydrogens (tertiary/aromatic N) is 2. The van der Waals surface area contributed by atoms with Crippen molar-refractivity contribution in [1.29, 1.82) is 0 Å². The van der Waals surface area contributed by atoms with E-state index in [1.807, 2.05) is 20.8 Å². The molecule has 1 N–H and O–H groups in total. The predicted molar refractivity (Wildman–Crippen MR) is 70.4 cm³/mol. The molecule has 1 aromatic rings. The highest BCUT2D eigenvalue weighted by atomic mass is 19.4. The summed E-state index contributed by atoms with van der Waals surface area (Å²) in [6, 6.07) is 0.132. The van der Waals surface area contributed by atoms with Gasteiger partial charge in [0.2, 0.25) is 0 Å². The highest BCUT2D eigenvalue weighted by Gasteiger charge is 2.29. The van der Waals surface area contributed by atoms with E-state index in [2.05, 4.69) is 22.1 Å². The first-order valence-electron chi connectivity index (χ1n) is 6.74. The Balaban J connectivity index is 2.71. The topological polar surface area (TPSA) is 39.1 Å². The number of rotatable bonds is 7. The number of nitrogens with one attached hydrogen (secondary N) is 1. The van der Waals surface area contributed by atoms with Crippen molar-refractivity contribution in [3.8, 4) is 0 Å². The molecule has 0 aliphatic carbocycles. The smallest absolute Gasteiger partial charge is 0.310 e. The van der Waals surface area contributed by atoms with Gasteiger partial charge in [-0.05, 0) is 33.7 Å². The van der Waals surface area contributed by atoms with E-state index in [-0.39, 0.29) is 12.6 Å². The first kappa shape index (κ1) is 17.0. The second-order valence-electron chi connectivity index (χ2n) is 4.78. The normalized spacial score (nSPS) is 13.8. The lowest BCUT2D eigenvalue weighted by Gasteiger charge is -2.14. The van der Waals surface area contributed by atoms with Crippen LogP contribution >= 0.6 is 0 Å². The molecule has 0 spiro atoms. The molecule has 0 fully saturated rings. The van der Waals surface area contributed by atoms with Crippen LogP contribution in [0.5, 0.6) is 0 Å². The van der Waals surface area contributed by atoms with E-state index in [1.165, 1.54) is 0 Å². The molecule has 1 unspecified atom stereocenters. The molecule has 0 amide bonds. The van der Waals surface area contributed by atoms with E-state index in [9.17, 15) is 13.2 Å². The zero-order valence-corrected chi connectivity index (χ0v) is 12.3. The Hall–Kier alpha value is -1.08. The molecule has 0 aliphatic heterocycles. The van der Waals surface area contributed by atoms with Gasteiger partial charge < -0.3 is 5.32 Å². The Morgan fingerprint density at radius 1 is 1.35 bits per heavy atom. The van der Waals surface area contributed by atoms with Gasteiger partial charge in [-0.3, -0.25) is 9.42 Å². The highest BCUT2D eigenvalue weighted by molar-refractivity contribution is 5.27. The van der Waals surface area contributed by atoms with Crippen LogP contribution in [0.4, 0.5) is 13.2 Å². The maximum atomic E-state index is 11.9. The van der Waals surface area contributed by atoms with Gasteiger partial charge in [-0.25, -0.2) is 0 Å². The summed E-state index contributed by atoms with van der Waals surface area (Å²) in [7, 11) is 0. The van der Waals surface area contributed by atoms with E-state index in [0.29, 0.717) is 0 Å². The molecule has 0 bridgehead atoms. The molecule has 7 heteroatoms. The molecule has 0 aromatic carbocycles. The van der Waals surface area contributed by atoms with Crippen LogP contribution in [0.1, 0.15) is 43.3 Å². The molecule has 0 saturated heterocycles. The molecule has 0 aliphatic rings. The number of aryl methyl sites for hydroxylation is 1. The average Bonchev–Trinajstić information content (AvgIpc) is 2.60. The molecular weight excluding hydrogens is 271 g/mol. The van der Waals surface area contributed by atoms with E-state index < -0.39 is 13.0 Å². The van der Waals surface area contributed by atoms with Gasteiger partial charge in [0.1, 0.15) is 0 Å². The standard InChI is InChI=1S/C13H22F3N3O/c1-5-6-17-9(2)12-10(3)18-19(11(12)4)7-8-20-13(14,15)16/h9,17H,5-8H2,1-4H3. The molecule has 1 heterocycles. The first-order valence-corrected chi connectivity index (χ1v) is 6.74. The quantitative estimate of drug-likeness (QED) is 0.839. The van der Waals surface area contributed by atoms with Gasteiger partial charge in [0.25, 0.3) is 0 Å². The summed E-state index contributed by atoms with van der Waals surface area (Å²) in [5, 5.41) is 7.65. The van der Waals surface area contributed by atoms with Gasteiger partial charge in [0.05, 0.1) is 18.8 Å². The monoisotopic (exact) mass is 293 g/mol. The zero-order chi connectivity index (χ0) is 15.3. The van der Waals surface area contributed by atoms with Crippen molar-refractivity contribution >= 4 is 0 Å². The van der Waals surface area contributed by atoms with Crippen molar-refractivity contribution in [3.63, 3.8) is 0 Å². The lowest BCUT2D eigenvalue weighted by Crippen LogP contribution is -2.21. The third-order valence-corrected chi connectivity index (χ3v) is 3.14. The second kappa shape index (κ2) is 7.08. The molecule has 1 aromatic heterocycles. The van der Waals surface area contributed by atoms with Crippen molar-refractivity contribution in [2.75, 3.05) is 13.2 Å². The average molecular weight is 293 g/mol. The van der Waals surface area contributed by atoms with Crippen LogP contribution < -0.4 is 5.32 Å². The van der Waals surface area contributed by atoms with E-state index in [0.717, 1.165) is 29.9 Å². The van der Waals surface area contributed by atoms with Gasteiger partial charge in [0.15, 0.2) is 0 Å². The lowest BCUT2D eigenvalue weighted by molar-refractivity contribution is -0.325. The Bertz CT molecular complexity index is 429. The number of hydrogen-bond acceptors (Lipinski definition) is 3. The van der Waals surface area contributed by atoms with Crippen LogP contribution in [0.15, 0.2) is 0 Å². The van der Waals surface area contributed by atoms with Gasteiger partial charge in [0, 0.05) is 17.3 Å². The molecular formula is C13H22F3N3O. The molecule has 0 saturated carbocycles. The van der Waals surface area contributed by atoms with Crippen molar-refractivity contribution in [2.24, 2.45) is 0 Å². The molecule has 1 atom stereocenters. The van der Waals surface area contributed by atoms with Gasteiger partial charge in [-0.1, -0.05) is 6.92 Å². The minimum atomic E-state index is -4.59. The van der Waals surface area contributed by atoms with Crippen molar-refractivity contribution in [1.82, 2.24) is 15.1 Å². The van der Waals surface area contributed by atoms with Gasteiger partial charge in [-0.2, -0.15) is 5.10 Å². The summed E-state index contributed by atoms with van der Waals surface area (Å²) in [5.41, 5.74) is 2.76. The zero-order valence-electron chi connectivity index (χ0n) is 12.3. The third-order valence-electron chi connectivity index (χ3n) is 3.14. The van der Waals surface area contributed by atoms with Crippen LogP contribution in [0.3, 0.4) is 0 Å². The van der Waals surface area contributed by atoms with Crippen LogP contribution in [-0.4, -0.2) is 29.3 Å². The molecule has 1 rings (SSSR count).